The molecular formula is C18H29N3O4. The maximum atomic E-state index is 12.7. The lowest BCUT2D eigenvalue weighted by molar-refractivity contribution is -0.134. The van der Waals surface area contributed by atoms with Gasteiger partial charge in [-0.05, 0) is 46.2 Å². The molecule has 3 heterocycles. The van der Waals surface area contributed by atoms with E-state index < -0.39 is 5.60 Å². The third-order valence-electron chi connectivity index (χ3n) is 5.20. The van der Waals surface area contributed by atoms with Crippen molar-refractivity contribution < 1.29 is 19.2 Å². The Balaban J connectivity index is 1.58. The number of hydrogen-bond acceptors (Lipinski definition) is 6. The zero-order valence-corrected chi connectivity index (χ0v) is 15.3. The van der Waals surface area contributed by atoms with Crippen LogP contribution >= 0.6 is 0 Å². The first kappa shape index (κ1) is 18.4. The molecule has 140 valence electrons. The van der Waals surface area contributed by atoms with Crippen LogP contribution in [0.3, 0.4) is 0 Å². The van der Waals surface area contributed by atoms with Crippen LogP contribution in [0, 0.1) is 13.8 Å². The monoisotopic (exact) mass is 351 g/mol. The number of likely N-dealkylation sites (tertiary alicyclic amines) is 1. The van der Waals surface area contributed by atoms with Gasteiger partial charge in [0.25, 0.3) is 0 Å². The molecule has 0 spiro atoms. The summed E-state index contributed by atoms with van der Waals surface area (Å²) in [6.45, 7) is 7.99. The summed E-state index contributed by atoms with van der Waals surface area (Å²) < 4.78 is 10.8. The van der Waals surface area contributed by atoms with Crippen LogP contribution in [0.25, 0.3) is 0 Å². The minimum absolute atomic E-state index is 0.0466. The summed E-state index contributed by atoms with van der Waals surface area (Å²) in [6.07, 6.45) is 3.36. The van der Waals surface area contributed by atoms with Gasteiger partial charge in [-0.2, -0.15) is 0 Å². The molecule has 0 aliphatic carbocycles. The van der Waals surface area contributed by atoms with Crippen LogP contribution in [0.5, 0.6) is 0 Å². The lowest BCUT2D eigenvalue weighted by Crippen LogP contribution is -2.53. The number of aliphatic hydroxyl groups is 1. The van der Waals surface area contributed by atoms with Gasteiger partial charge >= 0.3 is 0 Å². The van der Waals surface area contributed by atoms with Crippen molar-refractivity contribution in [2.45, 2.75) is 45.1 Å². The summed E-state index contributed by atoms with van der Waals surface area (Å²) in [7, 11) is 0. The summed E-state index contributed by atoms with van der Waals surface area (Å²) in [5, 5.41) is 14.9. The zero-order valence-electron chi connectivity index (χ0n) is 15.3. The Morgan fingerprint density at radius 3 is 2.72 bits per heavy atom. The maximum absolute atomic E-state index is 12.7. The van der Waals surface area contributed by atoms with E-state index in [-0.39, 0.29) is 12.5 Å². The Labute approximate surface area is 148 Å². The molecule has 2 fully saturated rings. The second-order valence-electron chi connectivity index (χ2n) is 7.38. The Morgan fingerprint density at radius 2 is 2.04 bits per heavy atom. The van der Waals surface area contributed by atoms with Crippen molar-refractivity contribution in [3.8, 4) is 0 Å². The number of hydrogen-bond donors (Lipinski definition) is 1. The molecule has 0 radical (unpaired) electrons. The van der Waals surface area contributed by atoms with Gasteiger partial charge in [-0.25, -0.2) is 0 Å². The number of aromatic nitrogens is 1. The Bertz CT molecular complexity index is 578. The van der Waals surface area contributed by atoms with Crippen molar-refractivity contribution in [1.29, 1.82) is 0 Å². The quantitative estimate of drug-likeness (QED) is 0.849. The van der Waals surface area contributed by atoms with Crippen LogP contribution in [0.1, 0.15) is 36.3 Å². The van der Waals surface area contributed by atoms with E-state index in [2.05, 4.69) is 10.1 Å². The molecule has 1 N–H and O–H groups in total. The van der Waals surface area contributed by atoms with Gasteiger partial charge in [0.15, 0.2) is 0 Å². The van der Waals surface area contributed by atoms with Crippen LogP contribution in [0.4, 0.5) is 0 Å². The second-order valence-corrected chi connectivity index (χ2v) is 7.38. The summed E-state index contributed by atoms with van der Waals surface area (Å²) in [5.41, 5.74) is 0.862. The van der Waals surface area contributed by atoms with Gasteiger partial charge < -0.3 is 24.2 Å². The lowest BCUT2D eigenvalue weighted by Gasteiger charge is -2.34. The highest BCUT2D eigenvalue weighted by atomic mass is 16.5. The van der Waals surface area contributed by atoms with E-state index in [0.717, 1.165) is 30.1 Å². The summed E-state index contributed by atoms with van der Waals surface area (Å²) >= 11 is 0. The molecule has 1 aromatic rings. The molecular weight excluding hydrogens is 322 g/mol. The first-order chi connectivity index (χ1) is 12.0. The largest absolute Gasteiger partial charge is 0.384 e. The first-order valence-corrected chi connectivity index (χ1v) is 9.19. The molecule has 1 unspecified atom stereocenters. The zero-order chi connectivity index (χ0) is 17.9. The van der Waals surface area contributed by atoms with Crippen molar-refractivity contribution in [3.63, 3.8) is 0 Å². The lowest BCUT2D eigenvalue weighted by atomic mass is 10.0. The van der Waals surface area contributed by atoms with Crippen LogP contribution < -0.4 is 0 Å². The maximum Gasteiger partial charge on any atom is 0.223 e. The van der Waals surface area contributed by atoms with E-state index in [1.54, 1.807) is 4.90 Å². The number of nitrogens with zero attached hydrogens (tertiary/aromatic N) is 3. The van der Waals surface area contributed by atoms with Gasteiger partial charge in [0.1, 0.15) is 11.4 Å². The molecule has 0 bridgehead atoms. The predicted octanol–water partition coefficient (Wildman–Crippen LogP) is 0.910. The summed E-state index contributed by atoms with van der Waals surface area (Å²) in [6, 6.07) is 0. The third kappa shape index (κ3) is 4.59. The molecule has 1 amide bonds. The second kappa shape index (κ2) is 7.85. The van der Waals surface area contributed by atoms with E-state index in [9.17, 15) is 9.90 Å². The average Bonchev–Trinajstić information content (AvgIpc) is 3.13. The molecule has 25 heavy (non-hydrogen) atoms. The van der Waals surface area contributed by atoms with Crippen LogP contribution in [0.15, 0.2) is 4.52 Å². The third-order valence-corrected chi connectivity index (χ3v) is 5.20. The molecule has 3 rings (SSSR count). The highest BCUT2D eigenvalue weighted by Gasteiger charge is 2.36. The van der Waals surface area contributed by atoms with E-state index >= 15 is 0 Å². The number of β-amino-alcohol motifs (C(OH)–C–C–N with tert-alkyl or cyclic N) is 1. The van der Waals surface area contributed by atoms with Gasteiger partial charge in [0.2, 0.25) is 5.91 Å². The topological polar surface area (TPSA) is 79.0 Å². The van der Waals surface area contributed by atoms with Gasteiger partial charge in [-0.15, -0.1) is 0 Å². The number of ether oxygens (including phenoxy) is 1. The van der Waals surface area contributed by atoms with Crippen molar-refractivity contribution in [3.05, 3.63) is 17.0 Å². The van der Waals surface area contributed by atoms with E-state index in [1.165, 1.54) is 12.8 Å². The van der Waals surface area contributed by atoms with Crippen molar-refractivity contribution in [1.82, 2.24) is 15.0 Å². The van der Waals surface area contributed by atoms with Gasteiger partial charge in [0, 0.05) is 25.1 Å². The highest BCUT2D eigenvalue weighted by Crippen LogP contribution is 2.20. The van der Waals surface area contributed by atoms with Crippen molar-refractivity contribution in [2.24, 2.45) is 0 Å². The molecule has 2 aliphatic heterocycles. The Kier molecular flexibility index (Phi) is 5.76. The first-order valence-electron chi connectivity index (χ1n) is 9.19. The standard InChI is InChI=1S/C18H29N3O4/c1-14-16(15(2)25-19-14)5-6-17(22)21-9-10-24-13-18(23,12-21)11-20-7-3-4-8-20/h23H,3-13H2,1-2H3. The van der Waals surface area contributed by atoms with Gasteiger partial charge in [-0.1, -0.05) is 5.16 Å². The molecule has 0 aromatic carbocycles. The fourth-order valence-corrected chi connectivity index (χ4v) is 3.83. The van der Waals surface area contributed by atoms with E-state index in [4.69, 9.17) is 9.26 Å². The molecule has 7 nitrogen and oxygen atoms in total. The molecule has 1 aromatic heterocycles. The number of aryl methyl sites for hydroxylation is 2. The predicted molar refractivity (Wildman–Crippen MR) is 92.3 cm³/mol. The molecule has 2 aliphatic rings. The highest BCUT2D eigenvalue weighted by molar-refractivity contribution is 5.76. The van der Waals surface area contributed by atoms with Crippen molar-refractivity contribution >= 4 is 5.91 Å². The van der Waals surface area contributed by atoms with Crippen LogP contribution in [-0.2, 0) is 16.0 Å². The van der Waals surface area contributed by atoms with Gasteiger partial charge in [-0.3, -0.25) is 4.79 Å². The molecule has 1 atom stereocenters. The van der Waals surface area contributed by atoms with E-state index in [0.29, 0.717) is 39.1 Å². The minimum atomic E-state index is -0.987. The average molecular weight is 351 g/mol. The number of rotatable bonds is 5. The molecule has 7 heteroatoms. The minimum Gasteiger partial charge on any atom is -0.384 e. The number of amides is 1. The fraction of sp³-hybridized carbons (Fsp3) is 0.778. The van der Waals surface area contributed by atoms with Gasteiger partial charge in [0.05, 0.1) is 25.5 Å². The normalized spacial score (nSPS) is 25.3. The molecule has 2 saturated heterocycles. The van der Waals surface area contributed by atoms with Crippen molar-refractivity contribution in [2.75, 3.05) is 45.9 Å². The summed E-state index contributed by atoms with van der Waals surface area (Å²) in [4.78, 5) is 16.7. The smallest absolute Gasteiger partial charge is 0.223 e. The number of carbonyl (C=O) groups is 1. The van der Waals surface area contributed by atoms with Crippen LogP contribution in [0.2, 0.25) is 0 Å². The summed E-state index contributed by atoms with van der Waals surface area (Å²) in [5.74, 6) is 0.820. The Hall–Kier alpha value is -1.44. The molecule has 0 saturated carbocycles. The van der Waals surface area contributed by atoms with Crippen LogP contribution in [-0.4, -0.2) is 77.5 Å². The Morgan fingerprint density at radius 1 is 1.28 bits per heavy atom. The van der Waals surface area contributed by atoms with E-state index in [1.807, 2.05) is 13.8 Å². The fourth-order valence-electron chi connectivity index (χ4n) is 3.83. The number of carbonyl (C=O) groups excluding carboxylic acids is 1. The SMILES string of the molecule is Cc1noc(C)c1CCC(=O)N1CCOCC(O)(CN2CCCC2)C1.